The molecule has 0 bridgehead atoms. The number of aliphatic hydroxyl groups excluding tert-OH is 1. The second kappa shape index (κ2) is 6.50. The number of amides is 1. The average Bonchev–Trinajstić information content (AvgIpc) is 3.04. The Labute approximate surface area is 133 Å². The van der Waals surface area contributed by atoms with Gasteiger partial charge in [-0.2, -0.15) is 0 Å². The Morgan fingerprint density at radius 3 is 3.00 bits per heavy atom. The third-order valence-corrected chi connectivity index (χ3v) is 3.47. The molecule has 3 aromatic rings. The molecule has 0 aliphatic carbocycles. The van der Waals surface area contributed by atoms with Crippen LogP contribution in [0.1, 0.15) is 12.5 Å². The van der Waals surface area contributed by atoms with E-state index in [1.807, 2.05) is 12.1 Å². The number of aliphatic hydroxyl groups is 1. The van der Waals surface area contributed by atoms with Gasteiger partial charge in [-0.1, -0.05) is 18.2 Å². The fourth-order valence-corrected chi connectivity index (χ4v) is 2.28. The molecule has 23 heavy (non-hydrogen) atoms. The summed E-state index contributed by atoms with van der Waals surface area (Å²) in [4.78, 5) is 19.5. The normalized spacial score (nSPS) is 12.1. The maximum Gasteiger partial charge on any atom is 0.265 e. The minimum atomic E-state index is -0.682. The van der Waals surface area contributed by atoms with E-state index in [0.29, 0.717) is 17.0 Å². The van der Waals surface area contributed by atoms with Crippen LogP contribution < -0.4 is 10.1 Å². The summed E-state index contributed by atoms with van der Waals surface area (Å²) in [7, 11) is 0. The second-order valence-corrected chi connectivity index (χ2v) is 5.16. The second-order valence-electron chi connectivity index (χ2n) is 5.16. The average molecular weight is 311 g/mol. The van der Waals surface area contributed by atoms with Crippen molar-refractivity contribution in [2.75, 3.05) is 5.32 Å². The fraction of sp³-hybridized carbons (Fsp3) is 0.176. The molecule has 0 fully saturated rings. The van der Waals surface area contributed by atoms with Crippen LogP contribution in [0.25, 0.3) is 11.0 Å². The Hall–Kier alpha value is -2.86. The van der Waals surface area contributed by atoms with Crippen molar-refractivity contribution >= 4 is 22.6 Å². The van der Waals surface area contributed by atoms with Crippen molar-refractivity contribution in [1.29, 1.82) is 0 Å². The first kappa shape index (κ1) is 15.1. The number of benzene rings is 2. The maximum atomic E-state index is 12.3. The van der Waals surface area contributed by atoms with Crippen LogP contribution in [0.2, 0.25) is 0 Å². The van der Waals surface area contributed by atoms with Crippen LogP contribution in [0.3, 0.4) is 0 Å². The number of aromatic nitrogens is 2. The van der Waals surface area contributed by atoms with Gasteiger partial charge < -0.3 is 20.1 Å². The molecule has 2 aromatic carbocycles. The lowest BCUT2D eigenvalue weighted by atomic mass is 10.2. The summed E-state index contributed by atoms with van der Waals surface area (Å²) < 4.78 is 5.63. The van der Waals surface area contributed by atoms with Crippen molar-refractivity contribution in [3.63, 3.8) is 0 Å². The van der Waals surface area contributed by atoms with Gasteiger partial charge in [-0.15, -0.1) is 0 Å². The van der Waals surface area contributed by atoms with Gasteiger partial charge in [-0.25, -0.2) is 4.98 Å². The number of fused-ring (bicyclic) bond motifs is 1. The first-order valence-corrected chi connectivity index (χ1v) is 7.27. The number of carbonyl (C=O) groups excluding carboxylic acids is 1. The molecule has 0 radical (unpaired) electrons. The van der Waals surface area contributed by atoms with E-state index < -0.39 is 6.10 Å². The molecule has 0 saturated heterocycles. The highest BCUT2D eigenvalue weighted by Crippen LogP contribution is 2.20. The lowest BCUT2D eigenvalue weighted by molar-refractivity contribution is -0.122. The molecule has 0 aliphatic rings. The van der Waals surface area contributed by atoms with E-state index >= 15 is 0 Å². The minimum absolute atomic E-state index is 0.0705. The van der Waals surface area contributed by atoms with Gasteiger partial charge in [0.1, 0.15) is 11.3 Å². The van der Waals surface area contributed by atoms with Gasteiger partial charge in [0, 0.05) is 0 Å². The quantitative estimate of drug-likeness (QED) is 0.675. The summed E-state index contributed by atoms with van der Waals surface area (Å²) >= 11 is 0. The Kier molecular flexibility index (Phi) is 4.25. The molecule has 3 rings (SSSR count). The number of H-pyrrole nitrogens is 1. The minimum Gasteiger partial charge on any atom is -0.481 e. The lowest BCUT2D eigenvalue weighted by Crippen LogP contribution is -2.30. The first-order chi connectivity index (χ1) is 11.2. The highest BCUT2D eigenvalue weighted by molar-refractivity contribution is 6.01. The molecule has 0 aliphatic heterocycles. The molecular weight excluding hydrogens is 294 g/mol. The predicted octanol–water partition coefficient (Wildman–Crippen LogP) is 2.46. The standard InChI is InChI=1S/C17H17N3O3/c1-11(23-13-5-2-4-12(8-13)9-21)17(22)20-15-7-3-6-14-16(15)19-10-18-14/h2-8,10-11,21H,9H2,1H3,(H,18,19)(H,20,22). The molecule has 6 nitrogen and oxygen atoms in total. The van der Waals surface area contributed by atoms with Crippen molar-refractivity contribution < 1.29 is 14.6 Å². The van der Waals surface area contributed by atoms with Crippen molar-refractivity contribution in [3.05, 3.63) is 54.4 Å². The predicted molar refractivity (Wildman–Crippen MR) is 87.2 cm³/mol. The van der Waals surface area contributed by atoms with Gasteiger partial charge >= 0.3 is 0 Å². The molecule has 6 heteroatoms. The number of hydrogen-bond acceptors (Lipinski definition) is 4. The largest absolute Gasteiger partial charge is 0.481 e. The Balaban J connectivity index is 1.71. The molecule has 3 N–H and O–H groups in total. The van der Waals surface area contributed by atoms with Crippen LogP contribution >= 0.6 is 0 Å². The number of anilines is 1. The molecule has 1 amide bonds. The van der Waals surface area contributed by atoms with Crippen LogP contribution in [0.5, 0.6) is 5.75 Å². The number of nitrogens with zero attached hydrogens (tertiary/aromatic N) is 1. The Morgan fingerprint density at radius 1 is 1.35 bits per heavy atom. The monoisotopic (exact) mass is 311 g/mol. The zero-order chi connectivity index (χ0) is 16.2. The third-order valence-electron chi connectivity index (χ3n) is 3.47. The SMILES string of the molecule is CC(Oc1cccc(CO)c1)C(=O)Nc1cccc2[nH]cnc12. The summed E-state index contributed by atoms with van der Waals surface area (Å²) in [6.07, 6.45) is 0.902. The molecule has 1 atom stereocenters. The smallest absolute Gasteiger partial charge is 0.265 e. The number of imidazole rings is 1. The number of hydrogen-bond donors (Lipinski definition) is 3. The highest BCUT2D eigenvalue weighted by atomic mass is 16.5. The van der Waals surface area contributed by atoms with Gasteiger partial charge in [-0.3, -0.25) is 4.79 Å². The molecule has 1 aromatic heterocycles. The summed E-state index contributed by atoms with van der Waals surface area (Å²) in [5.41, 5.74) is 2.92. The van der Waals surface area contributed by atoms with Crippen LogP contribution in [0.15, 0.2) is 48.8 Å². The molecule has 1 unspecified atom stereocenters. The number of nitrogens with one attached hydrogen (secondary N) is 2. The van der Waals surface area contributed by atoms with E-state index in [9.17, 15) is 4.79 Å². The summed E-state index contributed by atoms with van der Waals surface area (Å²) in [5.74, 6) is 0.270. The fourth-order valence-electron chi connectivity index (χ4n) is 2.28. The van der Waals surface area contributed by atoms with Crippen LogP contribution in [-0.2, 0) is 11.4 Å². The van der Waals surface area contributed by atoms with Crippen LogP contribution in [-0.4, -0.2) is 27.1 Å². The number of rotatable bonds is 5. The molecule has 0 spiro atoms. The van der Waals surface area contributed by atoms with Crippen molar-refractivity contribution in [3.8, 4) is 5.75 Å². The van der Waals surface area contributed by atoms with Crippen molar-refractivity contribution in [2.24, 2.45) is 0 Å². The first-order valence-electron chi connectivity index (χ1n) is 7.27. The summed E-state index contributed by atoms with van der Waals surface area (Å²) in [6.45, 7) is 1.60. The Morgan fingerprint density at radius 2 is 2.17 bits per heavy atom. The number of aromatic amines is 1. The van der Waals surface area contributed by atoms with Gasteiger partial charge in [0.25, 0.3) is 5.91 Å². The van der Waals surface area contributed by atoms with E-state index in [2.05, 4.69) is 15.3 Å². The molecular formula is C17H17N3O3. The molecule has 1 heterocycles. The van der Waals surface area contributed by atoms with Crippen molar-refractivity contribution in [1.82, 2.24) is 9.97 Å². The van der Waals surface area contributed by atoms with Gasteiger partial charge in [0.2, 0.25) is 0 Å². The van der Waals surface area contributed by atoms with E-state index in [0.717, 1.165) is 11.1 Å². The van der Waals surface area contributed by atoms with Gasteiger partial charge in [0.05, 0.1) is 24.1 Å². The van der Waals surface area contributed by atoms with E-state index in [1.54, 1.807) is 43.6 Å². The lowest BCUT2D eigenvalue weighted by Gasteiger charge is -2.15. The van der Waals surface area contributed by atoms with Crippen molar-refractivity contribution in [2.45, 2.75) is 19.6 Å². The van der Waals surface area contributed by atoms with E-state index in [4.69, 9.17) is 9.84 Å². The topological polar surface area (TPSA) is 87.2 Å². The number of carbonyl (C=O) groups is 1. The van der Waals surface area contributed by atoms with Crippen LogP contribution in [0, 0.1) is 0 Å². The van der Waals surface area contributed by atoms with E-state index in [-0.39, 0.29) is 12.5 Å². The summed E-state index contributed by atoms with van der Waals surface area (Å²) in [5, 5.41) is 12.0. The maximum absolute atomic E-state index is 12.3. The van der Waals surface area contributed by atoms with Gasteiger partial charge in [0.15, 0.2) is 6.10 Å². The Bertz CT molecular complexity index is 829. The molecule has 118 valence electrons. The molecule has 0 saturated carbocycles. The zero-order valence-corrected chi connectivity index (χ0v) is 12.6. The highest BCUT2D eigenvalue weighted by Gasteiger charge is 2.16. The number of para-hydroxylation sites is 1. The summed E-state index contributed by atoms with van der Waals surface area (Å²) in [6, 6.07) is 12.5. The zero-order valence-electron chi connectivity index (χ0n) is 12.6. The van der Waals surface area contributed by atoms with E-state index in [1.165, 1.54) is 0 Å². The van der Waals surface area contributed by atoms with Gasteiger partial charge in [-0.05, 0) is 36.8 Å². The number of ether oxygens (including phenoxy) is 1. The third kappa shape index (κ3) is 3.32. The van der Waals surface area contributed by atoms with Crippen LogP contribution in [0.4, 0.5) is 5.69 Å².